The van der Waals surface area contributed by atoms with Crippen molar-refractivity contribution >= 4 is 3.21 Å². The average Bonchev–Trinajstić information content (AvgIpc) is 3.61. The summed E-state index contributed by atoms with van der Waals surface area (Å²) in [6, 6.07) is 30.2. The molecule has 2 aliphatic rings. The third-order valence-corrected chi connectivity index (χ3v) is 17.3. The Kier molecular flexibility index (Phi) is 7.98. The summed E-state index contributed by atoms with van der Waals surface area (Å²) >= 11 is -3.08. The summed E-state index contributed by atoms with van der Waals surface area (Å²) in [5.41, 5.74) is 8.91. The monoisotopic (exact) mass is 666 g/mol. The van der Waals surface area contributed by atoms with E-state index in [1.54, 1.807) is 6.07 Å². The van der Waals surface area contributed by atoms with Gasteiger partial charge in [-0.15, -0.1) is 0 Å². The zero-order chi connectivity index (χ0) is 31.4. The van der Waals surface area contributed by atoms with Crippen molar-refractivity contribution in [2.75, 3.05) is 0 Å². The second kappa shape index (κ2) is 11.4. The van der Waals surface area contributed by atoms with E-state index < -0.39 is 33.0 Å². The van der Waals surface area contributed by atoms with E-state index >= 15 is 0 Å². The van der Waals surface area contributed by atoms with Gasteiger partial charge in [0.05, 0.1) is 0 Å². The predicted octanol–water partition coefficient (Wildman–Crippen LogP) is 11.1. The standard InChI is InChI=1S/C21H25.C14H9F3.C5H5.Zr/c1-20(2,3)16-9-7-14-11-15-8-10-17(21(4,5)6)13-19(15)18(14)12-16;15-14(16,17)13-8-4-7-12(10-13)9-11-5-2-1-3-6-11;1-2-4-5-3-1;/h7-13H,1-6H3;1-8,10H;1-3H,4H2;. The summed E-state index contributed by atoms with van der Waals surface area (Å²) in [4.78, 5) is 0. The van der Waals surface area contributed by atoms with Crippen LogP contribution >= 0.6 is 0 Å². The first kappa shape index (κ1) is 30.9. The molecule has 4 heteroatoms. The van der Waals surface area contributed by atoms with Gasteiger partial charge in [0.1, 0.15) is 0 Å². The van der Waals surface area contributed by atoms with Gasteiger partial charge >= 0.3 is 269 Å². The summed E-state index contributed by atoms with van der Waals surface area (Å²) < 4.78 is 44.9. The molecule has 0 heterocycles. The van der Waals surface area contributed by atoms with Crippen molar-refractivity contribution < 1.29 is 34.4 Å². The SMILES string of the molecule is CC(C)(C)c1ccc2c(c1)-c1cc(C(C)(C)C)ccc1[CH]2[Zr]([C]1=CC=CC1)=[C](c1ccccc1)c1cccc(C(F)(F)F)c1. The number of benzene rings is 4. The van der Waals surface area contributed by atoms with Crippen LogP contribution in [0.3, 0.4) is 0 Å². The molecule has 0 aliphatic heterocycles. The van der Waals surface area contributed by atoms with Crippen molar-refractivity contribution in [3.8, 4) is 11.1 Å². The molecule has 0 amide bonds. The number of allylic oxidation sites excluding steroid dienone is 4. The Morgan fingerprint density at radius 3 is 1.70 bits per heavy atom. The first-order valence-electron chi connectivity index (χ1n) is 15.4. The van der Waals surface area contributed by atoms with Crippen LogP contribution in [0.25, 0.3) is 11.1 Å². The third-order valence-electron chi connectivity index (χ3n) is 8.97. The Balaban J connectivity index is 1.72. The number of halogens is 3. The van der Waals surface area contributed by atoms with E-state index in [9.17, 15) is 13.2 Å². The second-order valence-electron chi connectivity index (χ2n) is 14.1. The summed E-state index contributed by atoms with van der Waals surface area (Å²) in [6.07, 6.45) is 3.04. The van der Waals surface area contributed by atoms with Crippen LogP contribution in [0.5, 0.6) is 0 Å². The Labute approximate surface area is 267 Å². The molecule has 0 spiro atoms. The summed E-state index contributed by atoms with van der Waals surface area (Å²) in [5.74, 6) is 0. The van der Waals surface area contributed by atoms with Gasteiger partial charge in [-0.25, -0.2) is 0 Å². The molecule has 0 radical (unpaired) electrons. The fourth-order valence-electron chi connectivity index (χ4n) is 6.56. The van der Waals surface area contributed by atoms with Crippen molar-refractivity contribution in [1.29, 1.82) is 0 Å². The molecule has 4 aromatic rings. The van der Waals surface area contributed by atoms with E-state index in [1.807, 2.05) is 24.3 Å². The van der Waals surface area contributed by atoms with Gasteiger partial charge in [-0.1, -0.05) is 0 Å². The van der Waals surface area contributed by atoms with Crippen LogP contribution < -0.4 is 0 Å². The molecule has 0 saturated heterocycles. The van der Waals surface area contributed by atoms with E-state index in [4.69, 9.17) is 0 Å². The van der Waals surface area contributed by atoms with E-state index in [1.165, 1.54) is 48.8 Å². The number of alkyl halides is 3. The Hall–Kier alpha value is -3.10. The van der Waals surface area contributed by atoms with Crippen LogP contribution in [0.15, 0.2) is 113 Å². The predicted molar refractivity (Wildman–Crippen MR) is 174 cm³/mol. The van der Waals surface area contributed by atoms with Gasteiger partial charge in [-0.05, 0) is 0 Å². The first-order valence-corrected chi connectivity index (χ1v) is 19.2. The number of rotatable bonds is 4. The van der Waals surface area contributed by atoms with Crippen molar-refractivity contribution in [3.63, 3.8) is 0 Å². The molecule has 6 rings (SSSR count). The van der Waals surface area contributed by atoms with Gasteiger partial charge in [0, 0.05) is 0 Å². The van der Waals surface area contributed by atoms with E-state index in [0.29, 0.717) is 5.56 Å². The molecule has 0 atom stereocenters. The molecule has 4 aromatic carbocycles. The van der Waals surface area contributed by atoms with Crippen LogP contribution in [0.4, 0.5) is 13.2 Å². The summed E-state index contributed by atoms with van der Waals surface area (Å²) in [5, 5.41) is 0. The van der Waals surface area contributed by atoms with Gasteiger partial charge in [0.15, 0.2) is 0 Å². The molecule has 2 aliphatic carbocycles. The third kappa shape index (κ3) is 5.83. The normalized spacial score (nSPS) is 15.6. The van der Waals surface area contributed by atoms with Gasteiger partial charge in [-0.2, -0.15) is 0 Å². The van der Waals surface area contributed by atoms with E-state index in [-0.39, 0.29) is 14.5 Å². The maximum atomic E-state index is 14.1. The molecule has 0 fully saturated rings. The van der Waals surface area contributed by atoms with Crippen LogP contribution in [0, 0.1) is 0 Å². The van der Waals surface area contributed by atoms with Crippen molar-refractivity contribution in [2.45, 2.75) is 68.6 Å². The summed E-state index contributed by atoms with van der Waals surface area (Å²) in [6.45, 7) is 13.5. The molecule has 0 nitrogen and oxygen atoms in total. The minimum atomic E-state index is -4.41. The minimum absolute atomic E-state index is 0.00619. The van der Waals surface area contributed by atoms with E-state index in [2.05, 4.69) is 108 Å². The van der Waals surface area contributed by atoms with Gasteiger partial charge in [0.2, 0.25) is 0 Å². The molecule has 0 saturated carbocycles. The molecule has 0 N–H and O–H groups in total. The fourth-order valence-corrected chi connectivity index (χ4v) is 15.6. The molecule has 224 valence electrons. The van der Waals surface area contributed by atoms with Gasteiger partial charge < -0.3 is 0 Å². The molecular formula is C40H39F3Zr. The number of hydrogen-bond donors (Lipinski definition) is 0. The molecular weight excluding hydrogens is 629 g/mol. The van der Waals surface area contributed by atoms with Crippen molar-refractivity contribution in [3.05, 3.63) is 151 Å². The van der Waals surface area contributed by atoms with Gasteiger partial charge in [-0.3, -0.25) is 0 Å². The van der Waals surface area contributed by atoms with Crippen LogP contribution in [0.1, 0.15) is 90.5 Å². The van der Waals surface area contributed by atoms with Crippen LogP contribution in [-0.4, -0.2) is 3.21 Å². The number of fused-ring (bicyclic) bond motifs is 3. The Morgan fingerprint density at radius 1 is 0.636 bits per heavy atom. The summed E-state index contributed by atoms with van der Waals surface area (Å²) in [7, 11) is 0. The second-order valence-corrected chi connectivity index (χ2v) is 20.4. The van der Waals surface area contributed by atoms with Gasteiger partial charge in [0.25, 0.3) is 0 Å². The van der Waals surface area contributed by atoms with Crippen molar-refractivity contribution in [2.24, 2.45) is 0 Å². The zero-order valence-corrected chi connectivity index (χ0v) is 28.8. The van der Waals surface area contributed by atoms with Crippen molar-refractivity contribution in [1.82, 2.24) is 0 Å². The van der Waals surface area contributed by atoms with Crippen LogP contribution in [-0.2, 0) is 38.3 Å². The molecule has 0 unspecified atom stereocenters. The fraction of sp³-hybridized carbons (Fsp3) is 0.275. The average molecular weight is 668 g/mol. The zero-order valence-electron chi connectivity index (χ0n) is 26.3. The quantitative estimate of drug-likeness (QED) is 0.203. The molecule has 44 heavy (non-hydrogen) atoms. The topological polar surface area (TPSA) is 0 Å². The first-order chi connectivity index (χ1) is 20.7. The van der Waals surface area contributed by atoms with E-state index in [0.717, 1.165) is 15.2 Å². The maximum absolute atomic E-state index is 14.1. The number of hydrogen-bond acceptors (Lipinski definition) is 0. The Bertz CT molecular complexity index is 1760. The Morgan fingerprint density at radius 2 is 1.20 bits per heavy atom. The van der Waals surface area contributed by atoms with Crippen LogP contribution in [0.2, 0.25) is 0 Å². The molecule has 0 aromatic heterocycles. The molecule has 0 bridgehead atoms.